The van der Waals surface area contributed by atoms with Crippen LogP contribution in [0.2, 0.25) is 0 Å². The molecule has 0 heterocycles. The zero-order chi connectivity index (χ0) is 14.5. The number of hydrogen-bond donors (Lipinski definition) is 1. The minimum atomic E-state index is 0.217. The smallest absolute Gasteiger partial charge is 0.0465 e. The van der Waals surface area contributed by atoms with E-state index in [1.54, 1.807) is 0 Å². The van der Waals surface area contributed by atoms with Crippen molar-refractivity contribution in [1.82, 2.24) is 0 Å². The van der Waals surface area contributed by atoms with Crippen LogP contribution in [0.4, 0.5) is 0 Å². The second-order valence-electron chi connectivity index (χ2n) is 5.54. The molecule has 106 valence electrons. The van der Waals surface area contributed by atoms with E-state index in [4.69, 9.17) is 0 Å². The Morgan fingerprint density at radius 1 is 1.00 bits per heavy atom. The fourth-order valence-corrected chi connectivity index (χ4v) is 3.14. The third kappa shape index (κ3) is 4.19. The highest BCUT2D eigenvalue weighted by atomic mass is 79.9. The van der Waals surface area contributed by atoms with Gasteiger partial charge in [0.15, 0.2) is 0 Å². The van der Waals surface area contributed by atoms with Gasteiger partial charge in [0.05, 0.1) is 0 Å². The first kappa shape index (κ1) is 15.3. The van der Waals surface area contributed by atoms with Crippen LogP contribution in [0.1, 0.15) is 22.3 Å². The number of aliphatic hydroxyl groups is 1. The average Bonchev–Trinajstić information content (AvgIpc) is 2.39. The van der Waals surface area contributed by atoms with Crippen molar-refractivity contribution >= 4 is 15.9 Å². The van der Waals surface area contributed by atoms with Gasteiger partial charge in [-0.1, -0.05) is 63.5 Å². The number of rotatable bonds is 5. The van der Waals surface area contributed by atoms with Crippen molar-refractivity contribution in [2.24, 2.45) is 5.92 Å². The van der Waals surface area contributed by atoms with Crippen LogP contribution in [-0.4, -0.2) is 11.7 Å². The summed E-state index contributed by atoms with van der Waals surface area (Å²) in [6, 6.07) is 14.9. The molecule has 1 atom stereocenters. The Bertz CT molecular complexity index is 557. The Labute approximate surface area is 129 Å². The SMILES string of the molecule is Cc1cc(C)cc(CC(CO)Cc2ccccc2Br)c1. The van der Waals surface area contributed by atoms with E-state index < -0.39 is 0 Å². The van der Waals surface area contributed by atoms with Crippen LogP contribution in [-0.2, 0) is 12.8 Å². The Kier molecular flexibility index (Phi) is 5.38. The zero-order valence-corrected chi connectivity index (χ0v) is 13.7. The van der Waals surface area contributed by atoms with Crippen LogP contribution >= 0.6 is 15.9 Å². The molecule has 0 aromatic heterocycles. The summed E-state index contributed by atoms with van der Waals surface area (Å²) in [6.45, 7) is 4.46. The third-order valence-electron chi connectivity index (χ3n) is 3.53. The van der Waals surface area contributed by atoms with Crippen molar-refractivity contribution in [3.63, 3.8) is 0 Å². The quantitative estimate of drug-likeness (QED) is 0.856. The molecular weight excluding hydrogens is 312 g/mol. The Morgan fingerprint density at radius 2 is 1.65 bits per heavy atom. The molecule has 0 aliphatic rings. The van der Waals surface area contributed by atoms with Crippen molar-refractivity contribution in [2.45, 2.75) is 26.7 Å². The molecular formula is C18H21BrO. The molecule has 0 bridgehead atoms. The van der Waals surface area contributed by atoms with Gasteiger partial charge in [-0.3, -0.25) is 0 Å². The molecule has 0 saturated heterocycles. The van der Waals surface area contributed by atoms with Crippen LogP contribution in [0.3, 0.4) is 0 Å². The lowest BCUT2D eigenvalue weighted by Crippen LogP contribution is -2.13. The molecule has 2 heteroatoms. The lowest BCUT2D eigenvalue weighted by molar-refractivity contribution is 0.225. The highest BCUT2D eigenvalue weighted by molar-refractivity contribution is 9.10. The van der Waals surface area contributed by atoms with Gasteiger partial charge >= 0.3 is 0 Å². The van der Waals surface area contributed by atoms with Crippen molar-refractivity contribution in [1.29, 1.82) is 0 Å². The molecule has 1 nitrogen and oxygen atoms in total. The van der Waals surface area contributed by atoms with E-state index in [0.29, 0.717) is 0 Å². The minimum Gasteiger partial charge on any atom is -0.396 e. The molecule has 0 radical (unpaired) electrons. The van der Waals surface area contributed by atoms with E-state index in [1.807, 2.05) is 12.1 Å². The van der Waals surface area contributed by atoms with Crippen molar-refractivity contribution in [2.75, 3.05) is 6.61 Å². The number of aliphatic hydroxyl groups excluding tert-OH is 1. The van der Waals surface area contributed by atoms with Crippen LogP contribution in [0, 0.1) is 19.8 Å². The van der Waals surface area contributed by atoms with Gasteiger partial charge in [-0.25, -0.2) is 0 Å². The van der Waals surface area contributed by atoms with Gasteiger partial charge in [0.1, 0.15) is 0 Å². The minimum absolute atomic E-state index is 0.217. The lowest BCUT2D eigenvalue weighted by Gasteiger charge is -2.16. The van der Waals surface area contributed by atoms with Crippen molar-refractivity contribution in [3.05, 3.63) is 69.2 Å². The summed E-state index contributed by atoms with van der Waals surface area (Å²) >= 11 is 3.58. The molecule has 2 rings (SSSR count). The van der Waals surface area contributed by atoms with Crippen LogP contribution in [0.25, 0.3) is 0 Å². The number of benzene rings is 2. The average molecular weight is 333 g/mol. The van der Waals surface area contributed by atoms with Gasteiger partial charge in [-0.15, -0.1) is 0 Å². The van der Waals surface area contributed by atoms with E-state index in [0.717, 1.165) is 17.3 Å². The summed E-state index contributed by atoms with van der Waals surface area (Å²) in [7, 11) is 0. The number of aryl methyl sites for hydroxylation is 2. The summed E-state index contributed by atoms with van der Waals surface area (Å²) in [5, 5.41) is 9.66. The maximum absolute atomic E-state index is 9.66. The fraction of sp³-hybridized carbons (Fsp3) is 0.333. The topological polar surface area (TPSA) is 20.2 Å². The fourth-order valence-electron chi connectivity index (χ4n) is 2.70. The van der Waals surface area contributed by atoms with Gasteiger partial charge in [-0.05, 0) is 49.8 Å². The first-order chi connectivity index (χ1) is 9.58. The summed E-state index contributed by atoms with van der Waals surface area (Å²) in [5.41, 5.74) is 5.15. The Hall–Kier alpha value is -1.12. The van der Waals surface area contributed by atoms with Crippen LogP contribution in [0.5, 0.6) is 0 Å². The van der Waals surface area contributed by atoms with Crippen molar-refractivity contribution < 1.29 is 5.11 Å². The van der Waals surface area contributed by atoms with Gasteiger partial charge in [-0.2, -0.15) is 0 Å². The second kappa shape index (κ2) is 7.05. The van der Waals surface area contributed by atoms with E-state index in [2.05, 4.69) is 60.1 Å². The molecule has 2 aromatic carbocycles. The van der Waals surface area contributed by atoms with E-state index in [-0.39, 0.29) is 12.5 Å². The maximum atomic E-state index is 9.66. The maximum Gasteiger partial charge on any atom is 0.0465 e. The van der Waals surface area contributed by atoms with Crippen LogP contribution in [0.15, 0.2) is 46.9 Å². The molecule has 20 heavy (non-hydrogen) atoms. The molecule has 1 unspecified atom stereocenters. The van der Waals surface area contributed by atoms with E-state index >= 15 is 0 Å². The number of halogens is 1. The highest BCUT2D eigenvalue weighted by Gasteiger charge is 2.12. The van der Waals surface area contributed by atoms with Crippen LogP contribution < -0.4 is 0 Å². The largest absolute Gasteiger partial charge is 0.396 e. The predicted molar refractivity (Wildman–Crippen MR) is 88.0 cm³/mol. The standard InChI is InChI=1S/C18H21BrO/c1-13-7-14(2)9-15(8-13)10-16(12-20)11-17-5-3-4-6-18(17)19/h3-9,16,20H,10-12H2,1-2H3. The second-order valence-corrected chi connectivity index (χ2v) is 6.40. The van der Waals surface area contributed by atoms with Gasteiger partial charge < -0.3 is 5.11 Å². The molecule has 0 amide bonds. The van der Waals surface area contributed by atoms with Crippen molar-refractivity contribution in [3.8, 4) is 0 Å². The third-order valence-corrected chi connectivity index (χ3v) is 4.30. The molecule has 2 aromatic rings. The highest BCUT2D eigenvalue weighted by Crippen LogP contribution is 2.22. The molecule has 0 saturated carbocycles. The normalized spacial score (nSPS) is 12.4. The zero-order valence-electron chi connectivity index (χ0n) is 12.1. The first-order valence-electron chi connectivity index (χ1n) is 7.00. The monoisotopic (exact) mass is 332 g/mol. The van der Waals surface area contributed by atoms with Gasteiger partial charge in [0.25, 0.3) is 0 Å². The van der Waals surface area contributed by atoms with E-state index in [9.17, 15) is 5.11 Å². The summed E-state index contributed by atoms with van der Waals surface area (Å²) in [6.07, 6.45) is 1.81. The van der Waals surface area contributed by atoms with Gasteiger partial charge in [0.2, 0.25) is 0 Å². The number of hydrogen-bond acceptors (Lipinski definition) is 1. The lowest BCUT2D eigenvalue weighted by atomic mass is 9.92. The summed E-state index contributed by atoms with van der Waals surface area (Å²) in [5.74, 6) is 0.259. The first-order valence-corrected chi connectivity index (χ1v) is 7.79. The summed E-state index contributed by atoms with van der Waals surface area (Å²) < 4.78 is 1.12. The molecule has 0 spiro atoms. The van der Waals surface area contributed by atoms with E-state index in [1.165, 1.54) is 22.3 Å². The Morgan fingerprint density at radius 3 is 2.25 bits per heavy atom. The molecule has 0 aliphatic heterocycles. The molecule has 0 fully saturated rings. The summed E-state index contributed by atoms with van der Waals surface area (Å²) in [4.78, 5) is 0. The Balaban J connectivity index is 2.11. The van der Waals surface area contributed by atoms with Gasteiger partial charge in [0, 0.05) is 11.1 Å². The predicted octanol–water partition coefficient (Wildman–Crippen LogP) is 4.46. The molecule has 0 aliphatic carbocycles. The molecule has 1 N–H and O–H groups in total.